The summed E-state index contributed by atoms with van der Waals surface area (Å²) in [7, 11) is 0. The fourth-order valence-electron chi connectivity index (χ4n) is 0.281. The molecule has 0 spiro atoms. The molecular formula is C6H9NO2V8-2. The van der Waals surface area contributed by atoms with E-state index in [2.05, 4.69) is 50.9 Å². The monoisotopic (exact) mass is 535 g/mol. The molecular weight excluding hydrogens is 526 g/mol. The number of hydrogen-bond donors (Lipinski definition) is 0. The van der Waals surface area contributed by atoms with Gasteiger partial charge in [-0.2, -0.15) is 0 Å². The van der Waals surface area contributed by atoms with Crippen LogP contribution in [0.15, 0.2) is 4.99 Å². The summed E-state index contributed by atoms with van der Waals surface area (Å²) in [5.74, 6) is -0.380. The van der Waals surface area contributed by atoms with Crippen molar-refractivity contribution in [3.05, 3.63) is 0 Å². The van der Waals surface area contributed by atoms with Gasteiger partial charge in [0.25, 0.3) is 0 Å². The predicted octanol–water partition coefficient (Wildman–Crippen LogP) is -0.0482. The van der Waals surface area contributed by atoms with Crippen molar-refractivity contribution < 1.29 is 149 Å². The van der Waals surface area contributed by atoms with Gasteiger partial charge in [-0.25, -0.2) is 0 Å². The topological polar surface area (TPSA) is 38.7 Å². The summed E-state index contributed by atoms with van der Waals surface area (Å²) in [4.78, 5) is 13.3. The molecule has 0 aromatic heterocycles. The molecule has 0 unspecified atom stereocenters. The molecule has 0 aliphatic carbocycles. The van der Waals surface area contributed by atoms with E-state index in [-0.39, 0.29) is 105 Å². The van der Waals surface area contributed by atoms with Crippen LogP contribution in [0.4, 0.5) is 0 Å². The second-order valence-electron chi connectivity index (χ2n) is 1.15. The molecule has 92 valence electrons. The van der Waals surface area contributed by atoms with E-state index in [9.17, 15) is 4.79 Å². The number of carbonyl (C=O) groups excluding carboxylic acids is 1. The van der Waals surface area contributed by atoms with Crippen LogP contribution in [0.25, 0.3) is 0 Å². The van der Waals surface area contributed by atoms with Crippen LogP contribution in [0.2, 0.25) is 0 Å². The van der Waals surface area contributed by atoms with Crippen LogP contribution in [0.1, 0.15) is 6.92 Å². The van der Waals surface area contributed by atoms with Gasteiger partial charge in [0.1, 0.15) is 0 Å². The van der Waals surface area contributed by atoms with Crippen molar-refractivity contribution in [2.24, 2.45) is 4.99 Å². The van der Waals surface area contributed by atoms with E-state index in [1.54, 1.807) is 6.92 Å². The SMILES string of the molecule is [CH-]=NCC(=O)OCC.[CH-]=[V].[V].[V].[V].[V].[V].[V]=[V]. The summed E-state index contributed by atoms with van der Waals surface area (Å²) < 4.78 is 4.47. The van der Waals surface area contributed by atoms with Crippen LogP contribution in [0.3, 0.4) is 0 Å². The Morgan fingerprint density at radius 2 is 1.41 bits per heavy atom. The minimum atomic E-state index is -0.380. The molecule has 11 heteroatoms. The number of carbonyl (C=O) groups is 1. The van der Waals surface area contributed by atoms with Crippen molar-refractivity contribution in [2.45, 2.75) is 6.92 Å². The summed E-state index contributed by atoms with van der Waals surface area (Å²) in [6.07, 6.45) is 0. The van der Waals surface area contributed by atoms with Crippen molar-refractivity contribution in [1.82, 2.24) is 0 Å². The number of hydrogen-bond acceptors (Lipinski definition) is 3. The molecule has 0 amide bonds. The predicted molar refractivity (Wildman–Crippen MR) is 36.1 cm³/mol. The first-order valence-electron chi connectivity index (χ1n) is 2.79. The van der Waals surface area contributed by atoms with Crippen molar-refractivity contribution >= 4 is 17.9 Å². The molecule has 0 aliphatic heterocycles. The van der Waals surface area contributed by atoms with E-state index < -0.39 is 0 Å². The Balaban J connectivity index is -0.0000000137. The van der Waals surface area contributed by atoms with Crippen LogP contribution in [0, 0.1) is 0 Å². The second kappa shape index (κ2) is 60.2. The Kier molecular flexibility index (Phi) is 176. The Bertz CT molecular complexity index is 127. The number of aliphatic imine (C=N–C) groups is 1. The van der Waals surface area contributed by atoms with Gasteiger partial charge < -0.3 is 16.4 Å². The molecule has 3 nitrogen and oxygen atoms in total. The summed E-state index contributed by atoms with van der Waals surface area (Å²) in [5, 5.41) is 4.44. The standard InChI is InChI=1S/C5H8NO2.CH.8V/c1-3-8-5(7)4-6-2;;;;;;;;;/h2H,3-4H2,1H3;1H;;;;;;;;/q2*-1;;;;;;;;. The molecule has 0 aliphatic rings. The first-order valence-corrected chi connectivity index (χ1v) is 6.80. The van der Waals surface area contributed by atoms with Gasteiger partial charge in [-0.1, -0.05) is 0 Å². The normalized spacial score (nSPS) is 4.12. The van der Waals surface area contributed by atoms with E-state index in [1.807, 2.05) is 17.0 Å². The summed E-state index contributed by atoms with van der Waals surface area (Å²) in [5.41, 5.74) is 0. The fourth-order valence-corrected chi connectivity index (χ4v) is 0.281. The Hall–Kier alpha value is 3.69. The van der Waals surface area contributed by atoms with E-state index in [4.69, 9.17) is 0 Å². The first-order chi connectivity index (χ1) is 5.81. The van der Waals surface area contributed by atoms with Gasteiger partial charge in [0.05, 0.1) is 13.2 Å². The number of ether oxygens (including phenoxy) is 1. The fraction of sp³-hybridized carbons (Fsp3) is 0.500. The Morgan fingerprint density at radius 1 is 1.12 bits per heavy atom. The zero-order valence-electron chi connectivity index (χ0n) is 8.91. The quantitative estimate of drug-likeness (QED) is 0.290. The maximum atomic E-state index is 10.2. The molecule has 0 rings (SSSR count). The van der Waals surface area contributed by atoms with Gasteiger partial charge in [0.2, 0.25) is 0 Å². The summed E-state index contributed by atoms with van der Waals surface area (Å²) in [6.45, 7) is 6.75. The van der Waals surface area contributed by atoms with E-state index in [0.29, 0.717) is 6.61 Å². The van der Waals surface area contributed by atoms with Gasteiger partial charge in [0.15, 0.2) is 0 Å². The maximum absolute atomic E-state index is 10.2. The van der Waals surface area contributed by atoms with E-state index >= 15 is 0 Å². The number of esters is 1. The molecule has 0 aromatic carbocycles. The molecule has 0 N–H and O–H groups in total. The molecule has 0 bridgehead atoms. The van der Waals surface area contributed by atoms with Crippen molar-refractivity contribution in [3.8, 4) is 0 Å². The number of nitrogens with zero attached hydrogens (tertiary/aromatic N) is 1. The molecule has 0 atom stereocenters. The molecule has 5 radical (unpaired) electrons. The Labute approximate surface area is 188 Å². The minimum absolute atomic E-state index is 0. The molecule has 0 saturated heterocycles. The van der Waals surface area contributed by atoms with Crippen LogP contribution in [-0.2, 0) is 149 Å². The third kappa shape index (κ3) is 65.6. The zero-order chi connectivity index (χ0) is 10.4. The Morgan fingerprint density at radius 3 is 1.59 bits per heavy atom. The van der Waals surface area contributed by atoms with Crippen LogP contribution in [-0.4, -0.2) is 31.1 Å². The van der Waals surface area contributed by atoms with Gasteiger partial charge in [0, 0.05) is 92.8 Å². The average molecular weight is 535 g/mol. The third-order valence-corrected chi connectivity index (χ3v) is 0.526. The first kappa shape index (κ1) is 49.8. The van der Waals surface area contributed by atoms with Gasteiger partial charge in [-0.05, 0) is 6.92 Å². The number of rotatable bonds is 3. The van der Waals surface area contributed by atoms with Crippen molar-refractivity contribution in [2.75, 3.05) is 13.2 Å². The molecule has 0 saturated carbocycles. The van der Waals surface area contributed by atoms with Crippen LogP contribution >= 0.6 is 0 Å². The average Bonchev–Trinajstić information content (AvgIpc) is 2.12. The molecule has 0 heterocycles. The summed E-state index contributed by atoms with van der Waals surface area (Å²) in [6, 6.07) is 0. The van der Waals surface area contributed by atoms with Gasteiger partial charge in [-0.15, -0.1) is 0 Å². The van der Waals surface area contributed by atoms with Crippen LogP contribution in [0.5, 0.6) is 0 Å². The van der Waals surface area contributed by atoms with Crippen molar-refractivity contribution in [1.29, 1.82) is 0 Å². The second-order valence-corrected chi connectivity index (χ2v) is 1.15. The van der Waals surface area contributed by atoms with E-state index in [1.165, 1.54) is 0 Å². The van der Waals surface area contributed by atoms with Gasteiger partial charge >= 0.3 is 57.4 Å². The third-order valence-electron chi connectivity index (χ3n) is 0.526. The van der Waals surface area contributed by atoms with Crippen molar-refractivity contribution in [3.63, 3.8) is 0 Å². The zero-order valence-corrected chi connectivity index (χ0v) is 20.1. The summed E-state index contributed by atoms with van der Waals surface area (Å²) >= 11 is 6.31. The molecule has 0 fully saturated rings. The van der Waals surface area contributed by atoms with Crippen LogP contribution < -0.4 is 0 Å². The van der Waals surface area contributed by atoms with Gasteiger partial charge in [-0.3, -0.25) is 4.79 Å². The molecule has 17 heavy (non-hydrogen) atoms. The van der Waals surface area contributed by atoms with E-state index in [0.717, 1.165) is 0 Å². The molecule has 0 aromatic rings.